The van der Waals surface area contributed by atoms with Gasteiger partial charge in [0.2, 0.25) is 7.41 Å². The fourth-order valence-corrected chi connectivity index (χ4v) is 9.12. The summed E-state index contributed by atoms with van der Waals surface area (Å²) < 4.78 is 6.32. The molecular formula is C48H105B2BrN13OP5. The van der Waals surface area contributed by atoms with Crippen LogP contribution in [0.3, 0.4) is 0 Å². The van der Waals surface area contributed by atoms with E-state index in [9.17, 15) is 0 Å². The Morgan fingerprint density at radius 3 is 1.34 bits per heavy atom. The number of hydrogen-bond donors (Lipinski definition) is 3. The van der Waals surface area contributed by atoms with Crippen LogP contribution in [-0.4, -0.2) is 176 Å². The second kappa shape index (κ2) is 44.6. The maximum atomic E-state index is 9.04. The number of hydrogen-bond acceptors (Lipinski definition) is 10. The highest BCUT2D eigenvalue weighted by Crippen LogP contribution is 2.21. The number of H-pyrrole nitrogens is 1. The van der Waals surface area contributed by atoms with E-state index < -0.39 is 0 Å². The number of likely N-dealkylation sites (tertiary alicyclic amines) is 3. The zero-order valence-corrected chi connectivity index (χ0v) is 53.7. The number of nitrogens with one attached hydrogen (secondary N) is 2. The van der Waals surface area contributed by atoms with Gasteiger partial charge in [-0.15, -0.1) is 0 Å². The van der Waals surface area contributed by atoms with E-state index in [-0.39, 0.29) is 63.0 Å². The molecule has 0 spiro atoms. The summed E-state index contributed by atoms with van der Waals surface area (Å²) in [6.45, 7) is 25.8. The number of aliphatic hydroxyl groups is 1. The quantitative estimate of drug-likeness (QED) is 0.105. The molecule has 4 aromatic rings. The van der Waals surface area contributed by atoms with Crippen LogP contribution in [0.15, 0.2) is 49.6 Å². The summed E-state index contributed by atoms with van der Waals surface area (Å²) in [6, 6.07) is 1.73. The van der Waals surface area contributed by atoms with Crippen molar-refractivity contribution in [3.63, 3.8) is 0 Å². The highest BCUT2D eigenvalue weighted by molar-refractivity contribution is 9.09. The third kappa shape index (κ3) is 32.6. The Bertz CT molecular complexity index is 1710. The average Bonchev–Trinajstić information content (AvgIpc) is 4.13. The Balaban J connectivity index is -0.000000369. The fraction of sp³-hybridized carbons (Fsp3) is 0.750. The molecule has 406 valence electrons. The number of rotatable bonds is 4. The lowest BCUT2D eigenvalue weighted by molar-refractivity contribution is 0.0846. The molecule has 3 N–H and O–H groups in total. The van der Waals surface area contributed by atoms with Gasteiger partial charge in [0, 0.05) is 62.3 Å². The zero-order chi connectivity index (χ0) is 46.7. The van der Waals surface area contributed by atoms with Crippen LogP contribution in [0.4, 0.5) is 0 Å². The fourth-order valence-electron chi connectivity index (χ4n) is 8.30. The Hall–Kier alpha value is -0.640. The molecule has 14 nitrogen and oxygen atoms in total. The third-order valence-corrected chi connectivity index (χ3v) is 12.5. The summed E-state index contributed by atoms with van der Waals surface area (Å²) in [5, 5.41) is 31.9. The van der Waals surface area contributed by atoms with E-state index in [1.807, 2.05) is 59.7 Å². The van der Waals surface area contributed by atoms with Gasteiger partial charge in [0.25, 0.3) is 0 Å². The number of aromatic nitrogens is 8. The maximum absolute atomic E-state index is 9.04. The van der Waals surface area contributed by atoms with Crippen LogP contribution in [-0.2, 0) is 0 Å². The van der Waals surface area contributed by atoms with E-state index in [1.165, 1.54) is 99.8 Å². The first-order valence-corrected chi connectivity index (χ1v) is 25.0. The van der Waals surface area contributed by atoms with Crippen molar-refractivity contribution in [3.8, 4) is 0 Å². The van der Waals surface area contributed by atoms with E-state index >= 15 is 0 Å². The predicted molar refractivity (Wildman–Crippen MR) is 335 cm³/mol. The summed E-state index contributed by atoms with van der Waals surface area (Å²) in [5.74, 6) is 0. The number of β-amino-alcohol motifs (C(OH)–C–C–N with tert-alkyl or cyclic N) is 1. The van der Waals surface area contributed by atoms with Crippen molar-refractivity contribution < 1.29 is 5.11 Å². The molecule has 4 aromatic heterocycles. The summed E-state index contributed by atoms with van der Waals surface area (Å²) in [7, 11) is 10.6. The minimum absolute atomic E-state index is 0. The molecule has 9 rings (SSSR count). The zero-order valence-electron chi connectivity index (χ0n) is 45.1. The molecule has 0 saturated carbocycles. The van der Waals surface area contributed by atoms with Crippen molar-refractivity contribution in [3.05, 3.63) is 71.8 Å². The standard InChI is InChI=1S/C10H17BN3.C10H17N3.C9H15N3.C6H12BrN.C6H13NO.C4H6N2.C2H6B.CH4.5H3P/c1-9-6-12-14(7-9)10-4-3-5-13(8-10)11-2;1-9-6-11-13(7-9)10-4-3-5-12(2)8-10;1-8-5-11-12(7-8)9-3-2-4-10-6-9;1-8-4-2-3-6(7)5-8;1-7-4-2-3-6(8)5-7;1-4-2-5-6-3-4;1-3-2;;;;;;/h6-7,10H,3-5,8H2,1-2H3;6-7,10H,3-5,8H2,1-2H3;5,7,9-10H,2-4,6H2,1H3;6H,2-5H2,1H3;6,8H,2-5H2,1H3;2-3H,1H3,(H,5,6);1-2H3;1H4;5*1H3. The van der Waals surface area contributed by atoms with Gasteiger partial charge in [-0.2, -0.15) is 69.9 Å². The Morgan fingerprint density at radius 2 is 1.01 bits per heavy atom. The van der Waals surface area contributed by atoms with Crippen LogP contribution in [0.25, 0.3) is 0 Å². The molecule has 5 aliphatic heterocycles. The lowest BCUT2D eigenvalue weighted by Crippen LogP contribution is -2.38. The normalized spacial score (nSPS) is 22.0. The van der Waals surface area contributed by atoms with Gasteiger partial charge in [-0.25, -0.2) is 0 Å². The van der Waals surface area contributed by atoms with E-state index in [4.69, 9.17) is 5.11 Å². The number of piperidine rings is 5. The largest absolute Gasteiger partial charge is 0.392 e. The van der Waals surface area contributed by atoms with Crippen molar-refractivity contribution in [2.75, 3.05) is 86.6 Å². The number of alkyl halides is 1. The molecule has 22 heteroatoms. The Morgan fingerprint density at radius 1 is 0.571 bits per heavy atom. The summed E-state index contributed by atoms with van der Waals surface area (Å²) in [5.41, 5.74) is 4.94. The number of aryl methyl sites for hydroxylation is 4. The molecule has 0 bridgehead atoms. The van der Waals surface area contributed by atoms with E-state index in [0.29, 0.717) is 18.1 Å². The lowest BCUT2D eigenvalue weighted by Gasteiger charge is -2.31. The van der Waals surface area contributed by atoms with Crippen molar-refractivity contribution >= 4 is 80.1 Å². The highest BCUT2D eigenvalue weighted by atomic mass is 79.9. The number of aliphatic hydroxyl groups excluding tert-OH is 1. The maximum Gasteiger partial charge on any atom is 0.205 e. The van der Waals surface area contributed by atoms with Crippen LogP contribution in [0.1, 0.15) is 112 Å². The van der Waals surface area contributed by atoms with Crippen LogP contribution < -0.4 is 5.32 Å². The monoisotopic (exact) mass is 1140 g/mol. The van der Waals surface area contributed by atoms with Gasteiger partial charge in [-0.05, 0) is 168 Å². The average molecular weight is 1140 g/mol. The third-order valence-electron chi connectivity index (χ3n) is 11.8. The molecule has 70 heavy (non-hydrogen) atoms. The van der Waals surface area contributed by atoms with Crippen molar-refractivity contribution in [2.24, 2.45) is 0 Å². The van der Waals surface area contributed by atoms with Gasteiger partial charge in [0.05, 0.1) is 49.0 Å². The van der Waals surface area contributed by atoms with Gasteiger partial charge >= 0.3 is 0 Å². The first-order valence-electron chi connectivity index (χ1n) is 24.1. The molecule has 0 amide bonds. The number of aromatic amines is 1. The number of halogens is 1. The van der Waals surface area contributed by atoms with Gasteiger partial charge in [0.1, 0.15) is 7.28 Å². The smallest absolute Gasteiger partial charge is 0.205 e. The molecule has 10 atom stereocenters. The topological polar surface area (TPSA) is 127 Å². The minimum atomic E-state index is -0.0613. The second-order valence-corrected chi connectivity index (χ2v) is 19.8. The van der Waals surface area contributed by atoms with Gasteiger partial charge in [-0.1, -0.05) is 43.8 Å². The predicted octanol–water partition coefficient (Wildman–Crippen LogP) is 8.05. The Labute approximate surface area is 454 Å². The lowest BCUT2D eigenvalue weighted by atomic mass is 9.88. The molecule has 0 aromatic carbocycles. The SMILES string of the molecule is C.CN1CCCC(Br)C1.CN1CCCC(O)C1.C[B]C.C[B]N1CCCC(n2cc(C)cn2)C1.Cc1cn[nH]c1.Cc1cnn(C2CCCN(C)C2)c1.Cc1cnn(C2CCCNC2)c1.P.P.P.P.P. The molecule has 9 heterocycles. The van der Waals surface area contributed by atoms with Crippen molar-refractivity contribution in [1.29, 1.82) is 0 Å². The molecule has 10 unspecified atom stereocenters. The molecule has 5 fully saturated rings. The highest BCUT2D eigenvalue weighted by Gasteiger charge is 2.21. The minimum Gasteiger partial charge on any atom is -0.392 e. The van der Waals surface area contributed by atoms with Crippen molar-refractivity contribution in [1.82, 2.24) is 64.4 Å². The van der Waals surface area contributed by atoms with Crippen LogP contribution >= 0.6 is 65.4 Å². The van der Waals surface area contributed by atoms with E-state index in [1.54, 1.807) is 6.20 Å². The second-order valence-electron chi connectivity index (χ2n) is 18.5. The molecule has 2 radical (unpaired) electrons. The number of nitrogens with zero attached hydrogens (tertiary/aromatic N) is 11. The molecule has 0 aliphatic carbocycles. The molecule has 5 saturated heterocycles. The van der Waals surface area contributed by atoms with Gasteiger partial charge < -0.3 is 29.9 Å². The number of likely N-dealkylation sites (N-methyl/N-ethyl adjacent to an activating group) is 2. The molecule has 5 aliphatic rings. The van der Waals surface area contributed by atoms with Crippen molar-refractivity contribution in [2.45, 2.75) is 149 Å². The first kappa shape index (κ1) is 75.9. The van der Waals surface area contributed by atoms with Gasteiger partial charge in [0.15, 0.2) is 0 Å². The summed E-state index contributed by atoms with van der Waals surface area (Å²) in [6.07, 6.45) is 28.2. The Kier molecular flexibility index (Phi) is 48.4. The van der Waals surface area contributed by atoms with Crippen LogP contribution in [0.2, 0.25) is 20.5 Å². The first-order chi connectivity index (χ1) is 30.8. The summed E-state index contributed by atoms with van der Waals surface area (Å²) >= 11 is 3.59. The summed E-state index contributed by atoms with van der Waals surface area (Å²) in [4.78, 5) is 10.0. The van der Waals surface area contributed by atoms with E-state index in [0.717, 1.165) is 56.9 Å². The van der Waals surface area contributed by atoms with Gasteiger partial charge in [-0.3, -0.25) is 19.1 Å². The van der Waals surface area contributed by atoms with E-state index in [2.05, 4.69) is 148 Å². The molecular weight excluding hydrogens is 1030 g/mol. The van der Waals surface area contributed by atoms with Crippen LogP contribution in [0.5, 0.6) is 0 Å². The van der Waals surface area contributed by atoms with Crippen LogP contribution in [0, 0.1) is 27.7 Å².